The summed E-state index contributed by atoms with van der Waals surface area (Å²) in [5.74, 6) is -0.472. The second-order valence-electron chi connectivity index (χ2n) is 9.95. The highest BCUT2D eigenvalue weighted by Gasteiger charge is 2.37. The van der Waals surface area contributed by atoms with Crippen molar-refractivity contribution < 1.29 is 31.1 Å². The normalized spacial score (nSPS) is 19.3. The average Bonchev–Trinajstić information content (AvgIpc) is 2.87. The minimum atomic E-state index is -4.95. The highest BCUT2D eigenvalue weighted by Crippen LogP contribution is 2.36. The maximum absolute atomic E-state index is 13.4. The topological polar surface area (TPSA) is 35.6 Å². The summed E-state index contributed by atoms with van der Waals surface area (Å²) in [6.07, 6.45) is -3.84. The van der Waals surface area contributed by atoms with Crippen LogP contribution in [0, 0.1) is 0 Å². The zero-order valence-corrected chi connectivity index (χ0v) is 22.3. The molecule has 1 unspecified atom stereocenters. The molecule has 1 atom stereocenters. The van der Waals surface area contributed by atoms with Gasteiger partial charge in [-0.15, -0.1) is 0 Å². The van der Waals surface area contributed by atoms with Crippen LogP contribution in [0.1, 0.15) is 60.4 Å². The number of carbonyl (C=O) groups is 1. The van der Waals surface area contributed by atoms with Gasteiger partial charge in [0.2, 0.25) is 5.91 Å². The highest BCUT2D eigenvalue weighted by molar-refractivity contribution is 9.10. The van der Waals surface area contributed by atoms with Crippen LogP contribution in [0.5, 0.6) is 0 Å². The molecule has 38 heavy (non-hydrogen) atoms. The lowest BCUT2D eigenvalue weighted by molar-refractivity contribution is -0.143. The van der Waals surface area contributed by atoms with E-state index in [0.717, 1.165) is 17.6 Å². The maximum atomic E-state index is 13.4. The van der Waals surface area contributed by atoms with Crippen LogP contribution in [0.15, 0.2) is 46.9 Å². The van der Waals surface area contributed by atoms with Crippen LogP contribution >= 0.6 is 15.9 Å². The molecule has 2 fully saturated rings. The summed E-state index contributed by atoms with van der Waals surface area (Å²) in [4.78, 5) is 17.9. The molecule has 0 radical (unpaired) electrons. The van der Waals surface area contributed by atoms with Gasteiger partial charge in [-0.3, -0.25) is 14.6 Å². The van der Waals surface area contributed by atoms with Gasteiger partial charge in [-0.1, -0.05) is 47.3 Å². The zero-order valence-electron chi connectivity index (χ0n) is 20.7. The summed E-state index contributed by atoms with van der Waals surface area (Å²) < 4.78 is 80.3. The Hall–Kier alpha value is -2.11. The van der Waals surface area contributed by atoms with Crippen LogP contribution in [-0.4, -0.2) is 47.9 Å². The lowest BCUT2D eigenvalue weighted by Gasteiger charge is -2.43. The van der Waals surface area contributed by atoms with E-state index in [-0.39, 0.29) is 11.6 Å². The van der Waals surface area contributed by atoms with E-state index in [9.17, 15) is 31.1 Å². The van der Waals surface area contributed by atoms with Crippen LogP contribution in [0.3, 0.4) is 0 Å². The summed E-state index contributed by atoms with van der Waals surface area (Å²) >= 11 is 3.42. The van der Waals surface area contributed by atoms with Gasteiger partial charge in [0.1, 0.15) is 6.04 Å². The number of piperazine rings is 1. The fourth-order valence-electron chi connectivity index (χ4n) is 5.42. The molecule has 11 heteroatoms. The van der Waals surface area contributed by atoms with Crippen molar-refractivity contribution in [2.45, 2.75) is 63.1 Å². The Morgan fingerprint density at radius 1 is 0.895 bits per heavy atom. The van der Waals surface area contributed by atoms with Gasteiger partial charge in [0.15, 0.2) is 0 Å². The Labute approximate surface area is 226 Å². The van der Waals surface area contributed by atoms with Crippen molar-refractivity contribution in [1.82, 2.24) is 15.1 Å². The molecule has 2 aliphatic rings. The SMILES string of the molecule is O=C(NCc1cc(C(F)(F)F)cc(C(F)(F)F)c1)C(c1cccc(Br)c1)N1CCN(C2CCCCC2)CC1. The van der Waals surface area contributed by atoms with Crippen LogP contribution in [0.2, 0.25) is 0 Å². The van der Waals surface area contributed by atoms with E-state index in [1.165, 1.54) is 32.1 Å². The second-order valence-corrected chi connectivity index (χ2v) is 10.9. The Morgan fingerprint density at radius 3 is 2.05 bits per heavy atom. The summed E-state index contributed by atoms with van der Waals surface area (Å²) in [5.41, 5.74) is -2.38. The predicted molar refractivity (Wildman–Crippen MR) is 135 cm³/mol. The van der Waals surface area contributed by atoms with Gasteiger partial charge in [-0.05, 0) is 54.3 Å². The minimum Gasteiger partial charge on any atom is -0.350 e. The van der Waals surface area contributed by atoms with Gasteiger partial charge in [0.05, 0.1) is 11.1 Å². The van der Waals surface area contributed by atoms with E-state index < -0.39 is 42.0 Å². The van der Waals surface area contributed by atoms with E-state index >= 15 is 0 Å². The van der Waals surface area contributed by atoms with Crippen LogP contribution in [0.4, 0.5) is 26.3 Å². The van der Waals surface area contributed by atoms with Crippen molar-refractivity contribution in [2.75, 3.05) is 26.2 Å². The lowest BCUT2D eigenvalue weighted by atomic mass is 9.93. The van der Waals surface area contributed by atoms with Crippen molar-refractivity contribution in [3.8, 4) is 0 Å². The number of halogens is 7. The lowest BCUT2D eigenvalue weighted by Crippen LogP contribution is -2.53. The number of hydrogen-bond donors (Lipinski definition) is 1. The molecule has 1 amide bonds. The molecule has 1 aliphatic heterocycles. The Balaban J connectivity index is 1.52. The fraction of sp³-hybridized carbons (Fsp3) is 0.519. The number of nitrogens with zero attached hydrogens (tertiary/aromatic N) is 2. The predicted octanol–water partition coefficient (Wildman–Crippen LogP) is 6.79. The number of carbonyl (C=O) groups excluding carboxylic acids is 1. The van der Waals surface area contributed by atoms with E-state index in [1.807, 2.05) is 17.0 Å². The molecule has 1 aliphatic carbocycles. The third kappa shape index (κ3) is 7.30. The van der Waals surface area contributed by atoms with Crippen molar-refractivity contribution >= 4 is 21.8 Å². The van der Waals surface area contributed by atoms with Gasteiger partial charge in [0.25, 0.3) is 0 Å². The average molecular weight is 606 g/mol. The minimum absolute atomic E-state index is 0.0847. The molecule has 2 aromatic rings. The van der Waals surface area contributed by atoms with Gasteiger partial charge in [0, 0.05) is 43.2 Å². The monoisotopic (exact) mass is 605 g/mol. The number of alkyl halides is 6. The third-order valence-corrected chi connectivity index (χ3v) is 7.83. The van der Waals surface area contributed by atoms with E-state index in [1.54, 1.807) is 12.1 Å². The zero-order chi connectivity index (χ0) is 27.5. The summed E-state index contributed by atoms with van der Waals surface area (Å²) in [5, 5.41) is 2.60. The molecular formula is C27H30BrF6N3O. The highest BCUT2D eigenvalue weighted by atomic mass is 79.9. The first-order valence-electron chi connectivity index (χ1n) is 12.7. The molecule has 4 rings (SSSR count). The molecule has 0 aromatic heterocycles. The number of amides is 1. The van der Waals surface area contributed by atoms with Gasteiger partial charge < -0.3 is 5.32 Å². The van der Waals surface area contributed by atoms with Gasteiger partial charge >= 0.3 is 12.4 Å². The Kier molecular flexibility index (Phi) is 9.09. The molecule has 1 saturated heterocycles. The van der Waals surface area contributed by atoms with E-state index in [2.05, 4.69) is 26.1 Å². The fourth-order valence-corrected chi connectivity index (χ4v) is 5.84. The molecule has 1 heterocycles. The molecule has 208 valence electrons. The molecule has 1 saturated carbocycles. The summed E-state index contributed by atoms with van der Waals surface area (Å²) in [6.45, 7) is 2.39. The standard InChI is InChI=1S/C27H30BrF6N3O/c28-22-6-4-5-19(15-22)24(37-11-9-36(10-12-37)23-7-2-1-3-8-23)25(38)35-17-18-13-20(26(29,30)31)16-21(14-18)27(32,33)34/h4-6,13-16,23-24H,1-3,7-12,17H2,(H,35,38). The largest absolute Gasteiger partial charge is 0.416 e. The summed E-state index contributed by atoms with van der Waals surface area (Å²) in [6, 6.07) is 8.42. The van der Waals surface area contributed by atoms with Crippen molar-refractivity contribution in [1.29, 1.82) is 0 Å². The van der Waals surface area contributed by atoms with Crippen molar-refractivity contribution in [2.24, 2.45) is 0 Å². The molecule has 1 N–H and O–H groups in total. The van der Waals surface area contributed by atoms with Crippen molar-refractivity contribution in [3.05, 3.63) is 69.2 Å². The summed E-state index contributed by atoms with van der Waals surface area (Å²) in [7, 11) is 0. The molecular weight excluding hydrogens is 576 g/mol. The molecule has 2 aromatic carbocycles. The Bertz CT molecular complexity index is 1080. The van der Waals surface area contributed by atoms with Crippen LogP contribution in [0.25, 0.3) is 0 Å². The third-order valence-electron chi connectivity index (χ3n) is 7.33. The van der Waals surface area contributed by atoms with Gasteiger partial charge in [-0.25, -0.2) is 0 Å². The van der Waals surface area contributed by atoms with Crippen LogP contribution in [-0.2, 0) is 23.7 Å². The quantitative estimate of drug-likeness (QED) is 0.368. The van der Waals surface area contributed by atoms with E-state index in [0.29, 0.717) is 36.8 Å². The maximum Gasteiger partial charge on any atom is 0.416 e. The van der Waals surface area contributed by atoms with E-state index in [4.69, 9.17) is 0 Å². The smallest absolute Gasteiger partial charge is 0.350 e. The first kappa shape index (κ1) is 28.9. The number of rotatable bonds is 6. The Morgan fingerprint density at radius 2 is 1.50 bits per heavy atom. The van der Waals surface area contributed by atoms with Crippen molar-refractivity contribution in [3.63, 3.8) is 0 Å². The van der Waals surface area contributed by atoms with Crippen LogP contribution < -0.4 is 5.32 Å². The first-order chi connectivity index (χ1) is 17.9. The number of hydrogen-bond acceptors (Lipinski definition) is 3. The number of benzene rings is 2. The number of nitrogens with one attached hydrogen (secondary N) is 1. The molecule has 0 spiro atoms. The molecule has 4 nitrogen and oxygen atoms in total. The second kappa shape index (κ2) is 12.0. The first-order valence-corrected chi connectivity index (χ1v) is 13.5. The molecule has 0 bridgehead atoms. The van der Waals surface area contributed by atoms with Gasteiger partial charge in [-0.2, -0.15) is 26.3 Å².